The van der Waals surface area contributed by atoms with E-state index in [-0.39, 0.29) is 36.7 Å². The van der Waals surface area contributed by atoms with Crippen LogP contribution in [-0.2, 0) is 19.6 Å². The summed E-state index contributed by atoms with van der Waals surface area (Å²) in [6.07, 6.45) is -1.95. The summed E-state index contributed by atoms with van der Waals surface area (Å²) >= 11 is 0. The second-order valence-corrected chi connectivity index (χ2v) is 13.4. The number of halogens is 1. The average molecular weight is 657 g/mol. The Kier molecular flexibility index (Phi) is 14.0. The standard InChI is InChI=1S/C34H45FN4O6S/c1-24(2)20-21-39(46(43,44)30-18-15-28(36)16-19-30)29(23-40)17-14-27(35)22-37-33(41)32(38-34(42)45-3)31(25-10-6-4-7-11-25)26-12-8-5-9-13-26/h4-13,15-16,18-19,24,27,29,31-32,40H,14,17,20-23,36H2,1-3H3,(H,37,41)(H,38,42)/t27?,29?,32-/m0/s1. The third-order valence-electron chi connectivity index (χ3n) is 7.73. The number of aliphatic hydroxyl groups is 1. The van der Waals surface area contributed by atoms with Crippen LogP contribution in [0.5, 0.6) is 0 Å². The van der Waals surface area contributed by atoms with Crippen molar-refractivity contribution in [3.8, 4) is 0 Å². The molecule has 0 saturated heterocycles. The number of aliphatic hydroxyl groups excluding tert-OH is 1. The van der Waals surface area contributed by atoms with Crippen LogP contribution in [0.1, 0.15) is 50.2 Å². The highest BCUT2D eigenvalue weighted by atomic mass is 32.2. The molecule has 46 heavy (non-hydrogen) atoms. The van der Waals surface area contributed by atoms with E-state index in [1.807, 2.05) is 74.5 Å². The number of nitrogens with two attached hydrogens (primary N) is 1. The Hall–Kier alpha value is -4.00. The number of methoxy groups -OCH3 is 1. The molecular formula is C34H45FN4O6S. The van der Waals surface area contributed by atoms with Crippen molar-refractivity contribution < 1.29 is 32.2 Å². The van der Waals surface area contributed by atoms with Crippen molar-refractivity contribution in [3.63, 3.8) is 0 Å². The molecule has 5 N–H and O–H groups in total. The molecule has 0 aliphatic heterocycles. The molecule has 2 amide bonds. The number of nitrogens with zero attached hydrogens (tertiary/aromatic N) is 1. The molecule has 250 valence electrons. The molecule has 2 unspecified atom stereocenters. The quantitative estimate of drug-likeness (QED) is 0.157. The maximum absolute atomic E-state index is 15.4. The first-order valence-corrected chi connectivity index (χ1v) is 16.8. The van der Waals surface area contributed by atoms with E-state index >= 15 is 4.39 Å². The van der Waals surface area contributed by atoms with Gasteiger partial charge in [0, 0.05) is 30.7 Å². The second-order valence-electron chi connectivity index (χ2n) is 11.5. The number of hydrogen-bond donors (Lipinski definition) is 4. The van der Waals surface area contributed by atoms with Gasteiger partial charge in [0.05, 0.1) is 18.6 Å². The van der Waals surface area contributed by atoms with Gasteiger partial charge in [0.15, 0.2) is 0 Å². The number of anilines is 1. The lowest BCUT2D eigenvalue weighted by Gasteiger charge is -2.31. The van der Waals surface area contributed by atoms with Crippen LogP contribution < -0.4 is 16.4 Å². The molecule has 0 aliphatic rings. The number of amides is 2. The molecule has 3 aromatic carbocycles. The molecule has 0 aliphatic carbocycles. The van der Waals surface area contributed by atoms with E-state index in [1.54, 1.807) is 0 Å². The Morgan fingerprint density at radius 2 is 1.48 bits per heavy atom. The Morgan fingerprint density at radius 3 is 1.98 bits per heavy atom. The Labute approximate surface area is 271 Å². The summed E-state index contributed by atoms with van der Waals surface area (Å²) in [5, 5.41) is 15.5. The van der Waals surface area contributed by atoms with Crippen molar-refractivity contribution in [2.75, 3.05) is 32.5 Å². The topological polar surface area (TPSA) is 151 Å². The van der Waals surface area contributed by atoms with Gasteiger partial charge in [-0.15, -0.1) is 0 Å². The first-order valence-electron chi connectivity index (χ1n) is 15.3. The van der Waals surface area contributed by atoms with E-state index in [0.717, 1.165) is 11.1 Å². The van der Waals surface area contributed by atoms with Gasteiger partial charge in [-0.3, -0.25) is 4.79 Å². The number of hydrogen-bond acceptors (Lipinski definition) is 7. The van der Waals surface area contributed by atoms with E-state index in [0.29, 0.717) is 12.1 Å². The lowest BCUT2D eigenvalue weighted by Crippen LogP contribution is -2.51. The van der Waals surface area contributed by atoms with Crippen LogP contribution in [0, 0.1) is 5.92 Å². The number of alkyl carbamates (subject to hydrolysis) is 1. The van der Waals surface area contributed by atoms with Gasteiger partial charge in [-0.25, -0.2) is 17.6 Å². The van der Waals surface area contributed by atoms with Crippen molar-refractivity contribution in [2.24, 2.45) is 5.92 Å². The van der Waals surface area contributed by atoms with E-state index in [9.17, 15) is 23.1 Å². The Balaban J connectivity index is 1.75. The van der Waals surface area contributed by atoms with E-state index in [4.69, 9.17) is 10.5 Å². The fourth-order valence-electron chi connectivity index (χ4n) is 5.17. The smallest absolute Gasteiger partial charge is 0.407 e. The largest absolute Gasteiger partial charge is 0.453 e. The summed E-state index contributed by atoms with van der Waals surface area (Å²) in [5.74, 6) is -1.03. The number of rotatable bonds is 17. The summed E-state index contributed by atoms with van der Waals surface area (Å²) in [6.45, 7) is 3.18. The number of carbonyl (C=O) groups excluding carboxylic acids is 2. The molecule has 0 bridgehead atoms. The molecule has 0 heterocycles. The minimum absolute atomic E-state index is 0.0142. The van der Waals surface area contributed by atoms with Gasteiger partial charge in [-0.05, 0) is 60.6 Å². The molecule has 0 saturated carbocycles. The van der Waals surface area contributed by atoms with Gasteiger partial charge in [0.2, 0.25) is 15.9 Å². The molecule has 0 radical (unpaired) electrons. The highest BCUT2D eigenvalue weighted by Gasteiger charge is 2.34. The Morgan fingerprint density at radius 1 is 0.913 bits per heavy atom. The van der Waals surface area contributed by atoms with Gasteiger partial charge in [0.25, 0.3) is 0 Å². The zero-order valence-corrected chi connectivity index (χ0v) is 27.3. The van der Waals surface area contributed by atoms with Gasteiger partial charge in [-0.1, -0.05) is 74.5 Å². The molecular weight excluding hydrogens is 611 g/mol. The van der Waals surface area contributed by atoms with Crippen LogP contribution in [-0.4, -0.2) is 74.9 Å². The third kappa shape index (κ3) is 10.3. The molecule has 10 nitrogen and oxygen atoms in total. The number of benzene rings is 3. The highest BCUT2D eigenvalue weighted by molar-refractivity contribution is 7.89. The first-order chi connectivity index (χ1) is 22.0. The van der Waals surface area contributed by atoms with Crippen LogP contribution in [0.2, 0.25) is 0 Å². The van der Waals surface area contributed by atoms with E-state index in [1.165, 1.54) is 35.7 Å². The summed E-state index contributed by atoms with van der Waals surface area (Å²) in [5.41, 5.74) is 7.67. The number of nitrogens with one attached hydrogen (secondary N) is 2. The van der Waals surface area contributed by atoms with E-state index in [2.05, 4.69) is 10.6 Å². The highest BCUT2D eigenvalue weighted by Crippen LogP contribution is 2.29. The van der Waals surface area contributed by atoms with Crippen molar-refractivity contribution >= 4 is 27.7 Å². The fraction of sp³-hybridized carbons (Fsp3) is 0.412. The maximum Gasteiger partial charge on any atom is 0.407 e. The SMILES string of the molecule is COC(=O)N[C@H](C(=O)NCC(F)CCC(CO)N(CCC(C)C)S(=O)(=O)c1ccc(N)cc1)C(c1ccccc1)c1ccccc1. The molecule has 3 aromatic rings. The predicted octanol–water partition coefficient (Wildman–Crippen LogP) is 4.46. The Bertz CT molecular complexity index is 1440. The summed E-state index contributed by atoms with van der Waals surface area (Å²) < 4.78 is 48.5. The summed E-state index contributed by atoms with van der Waals surface area (Å²) in [6, 6.07) is 22.1. The fourth-order valence-corrected chi connectivity index (χ4v) is 6.83. The van der Waals surface area contributed by atoms with Crippen LogP contribution in [0.25, 0.3) is 0 Å². The third-order valence-corrected chi connectivity index (χ3v) is 9.70. The van der Waals surface area contributed by atoms with Crippen molar-refractivity contribution in [1.82, 2.24) is 14.9 Å². The van der Waals surface area contributed by atoms with Gasteiger partial charge >= 0.3 is 6.09 Å². The summed E-state index contributed by atoms with van der Waals surface area (Å²) in [7, 11) is -2.82. The zero-order valence-electron chi connectivity index (χ0n) is 26.5. The van der Waals surface area contributed by atoms with Crippen LogP contribution >= 0.6 is 0 Å². The molecule has 3 rings (SSSR count). The lowest BCUT2D eigenvalue weighted by atomic mass is 9.84. The lowest BCUT2D eigenvalue weighted by molar-refractivity contribution is -0.123. The van der Waals surface area contributed by atoms with Crippen molar-refractivity contribution in [1.29, 1.82) is 0 Å². The number of alkyl halides is 1. The predicted molar refractivity (Wildman–Crippen MR) is 176 cm³/mol. The normalized spacial score (nSPS) is 13.7. The second kappa shape index (κ2) is 17.6. The van der Waals surface area contributed by atoms with Gasteiger partial charge in [-0.2, -0.15) is 4.31 Å². The first kappa shape index (κ1) is 36.5. The number of sulfonamides is 1. The molecule has 3 atom stereocenters. The molecule has 0 aromatic heterocycles. The summed E-state index contributed by atoms with van der Waals surface area (Å²) in [4.78, 5) is 25.9. The number of nitrogen functional groups attached to an aromatic ring is 1. The average Bonchev–Trinajstić information content (AvgIpc) is 3.05. The minimum atomic E-state index is -4.01. The van der Waals surface area contributed by atoms with Gasteiger partial charge in [0.1, 0.15) is 12.2 Å². The van der Waals surface area contributed by atoms with Crippen LogP contribution in [0.3, 0.4) is 0 Å². The number of ether oxygens (including phenoxy) is 1. The van der Waals surface area contributed by atoms with Crippen LogP contribution in [0.4, 0.5) is 14.9 Å². The number of carbonyl (C=O) groups is 2. The van der Waals surface area contributed by atoms with Gasteiger partial charge < -0.3 is 26.2 Å². The minimum Gasteiger partial charge on any atom is -0.453 e. The van der Waals surface area contributed by atoms with Crippen molar-refractivity contribution in [2.45, 2.75) is 62.2 Å². The van der Waals surface area contributed by atoms with Crippen LogP contribution in [0.15, 0.2) is 89.8 Å². The zero-order chi connectivity index (χ0) is 33.7. The maximum atomic E-state index is 15.4. The van der Waals surface area contributed by atoms with Crippen molar-refractivity contribution in [3.05, 3.63) is 96.1 Å². The molecule has 12 heteroatoms. The molecule has 0 fully saturated rings. The monoisotopic (exact) mass is 656 g/mol. The molecule has 0 spiro atoms. The van der Waals surface area contributed by atoms with E-state index < -0.39 is 52.8 Å².